The second kappa shape index (κ2) is 9.18. The Bertz CT molecular complexity index is 938. The summed E-state index contributed by atoms with van der Waals surface area (Å²) in [5.41, 5.74) is 12.1. The van der Waals surface area contributed by atoms with Crippen molar-refractivity contribution in [3.8, 4) is 0 Å². The van der Waals surface area contributed by atoms with Crippen molar-refractivity contribution in [2.24, 2.45) is 11.7 Å². The lowest BCUT2D eigenvalue weighted by atomic mass is 10.1. The van der Waals surface area contributed by atoms with Gasteiger partial charge in [-0.2, -0.15) is 0 Å². The summed E-state index contributed by atoms with van der Waals surface area (Å²) in [6.07, 6.45) is 4.36. The van der Waals surface area contributed by atoms with E-state index in [2.05, 4.69) is 14.9 Å². The molecule has 30 heavy (non-hydrogen) atoms. The lowest BCUT2D eigenvalue weighted by molar-refractivity contribution is -0.135. The SMILES string of the molecule is Nc1nc(N2CCN(C(=O)[C@@H]3CC[C@H](N)C3)CC2)cnc1Sc1cccc(Cl)c1Cl. The number of nitrogens with zero attached hydrogens (tertiary/aromatic N) is 4. The van der Waals surface area contributed by atoms with Crippen LogP contribution in [0.1, 0.15) is 19.3 Å². The number of nitrogen functional groups attached to an aromatic ring is 1. The predicted molar refractivity (Wildman–Crippen MR) is 121 cm³/mol. The zero-order valence-corrected chi connectivity index (χ0v) is 18.8. The highest BCUT2D eigenvalue weighted by Crippen LogP contribution is 2.38. The van der Waals surface area contributed by atoms with E-state index in [1.165, 1.54) is 11.8 Å². The lowest BCUT2D eigenvalue weighted by Gasteiger charge is -2.36. The molecule has 0 bridgehead atoms. The van der Waals surface area contributed by atoms with Crippen molar-refractivity contribution in [2.75, 3.05) is 36.8 Å². The molecule has 10 heteroatoms. The average Bonchev–Trinajstić information content (AvgIpc) is 3.18. The largest absolute Gasteiger partial charge is 0.381 e. The summed E-state index contributed by atoms with van der Waals surface area (Å²) in [5.74, 6) is 1.37. The van der Waals surface area contributed by atoms with Crippen molar-refractivity contribution in [3.63, 3.8) is 0 Å². The van der Waals surface area contributed by atoms with Crippen LogP contribution >= 0.6 is 35.0 Å². The number of benzene rings is 1. The van der Waals surface area contributed by atoms with E-state index < -0.39 is 0 Å². The lowest BCUT2D eigenvalue weighted by Crippen LogP contribution is -2.50. The van der Waals surface area contributed by atoms with Crippen molar-refractivity contribution >= 4 is 52.5 Å². The van der Waals surface area contributed by atoms with E-state index in [0.717, 1.165) is 24.2 Å². The van der Waals surface area contributed by atoms with Gasteiger partial charge >= 0.3 is 0 Å². The van der Waals surface area contributed by atoms with Gasteiger partial charge in [0.25, 0.3) is 0 Å². The van der Waals surface area contributed by atoms with E-state index in [0.29, 0.717) is 52.9 Å². The number of aromatic nitrogens is 2. The summed E-state index contributed by atoms with van der Waals surface area (Å²) in [5, 5.41) is 1.53. The topological polar surface area (TPSA) is 101 Å². The van der Waals surface area contributed by atoms with Gasteiger partial charge in [-0.25, -0.2) is 9.97 Å². The van der Waals surface area contributed by atoms with Crippen LogP contribution in [-0.2, 0) is 4.79 Å². The zero-order valence-electron chi connectivity index (χ0n) is 16.4. The highest BCUT2D eigenvalue weighted by Gasteiger charge is 2.32. The maximum Gasteiger partial charge on any atom is 0.225 e. The number of amides is 1. The number of carbonyl (C=O) groups excluding carboxylic acids is 1. The zero-order chi connectivity index (χ0) is 21.3. The van der Waals surface area contributed by atoms with Crippen LogP contribution in [0.2, 0.25) is 10.0 Å². The molecule has 2 fully saturated rings. The molecule has 1 aliphatic heterocycles. The maximum atomic E-state index is 12.7. The number of hydrogen-bond acceptors (Lipinski definition) is 7. The predicted octanol–water partition coefficient (Wildman–Crippen LogP) is 3.29. The summed E-state index contributed by atoms with van der Waals surface area (Å²) in [4.78, 5) is 26.5. The quantitative estimate of drug-likeness (QED) is 0.712. The Balaban J connectivity index is 1.38. The normalized spacial score (nSPS) is 21.8. The Hall–Kier alpha value is -1.74. The number of carbonyl (C=O) groups is 1. The van der Waals surface area contributed by atoms with Gasteiger partial charge in [-0.1, -0.05) is 41.0 Å². The van der Waals surface area contributed by atoms with Crippen molar-refractivity contribution in [2.45, 2.75) is 35.2 Å². The molecule has 1 aromatic heterocycles. The van der Waals surface area contributed by atoms with Gasteiger partial charge in [0.2, 0.25) is 5.91 Å². The van der Waals surface area contributed by atoms with Crippen molar-refractivity contribution in [1.82, 2.24) is 14.9 Å². The van der Waals surface area contributed by atoms with E-state index >= 15 is 0 Å². The number of anilines is 2. The number of hydrogen-bond donors (Lipinski definition) is 2. The number of rotatable bonds is 4. The second-order valence-corrected chi connectivity index (χ2v) is 9.47. The molecule has 1 saturated heterocycles. The molecule has 2 heterocycles. The van der Waals surface area contributed by atoms with Gasteiger partial charge in [0.05, 0.1) is 16.2 Å². The Kier molecular flexibility index (Phi) is 6.57. The second-order valence-electron chi connectivity index (χ2n) is 7.65. The Labute approximate surface area is 190 Å². The molecule has 2 atom stereocenters. The van der Waals surface area contributed by atoms with E-state index in [1.54, 1.807) is 12.3 Å². The van der Waals surface area contributed by atoms with Crippen LogP contribution in [0.4, 0.5) is 11.6 Å². The minimum atomic E-state index is 0.0802. The van der Waals surface area contributed by atoms with Crippen LogP contribution in [-0.4, -0.2) is 53.0 Å². The van der Waals surface area contributed by atoms with Crippen LogP contribution in [0.15, 0.2) is 34.3 Å². The van der Waals surface area contributed by atoms with Crippen LogP contribution < -0.4 is 16.4 Å². The summed E-state index contributed by atoms with van der Waals surface area (Å²) < 4.78 is 0. The first-order chi connectivity index (χ1) is 14.4. The molecular weight excluding hydrogens is 443 g/mol. The minimum Gasteiger partial charge on any atom is -0.381 e. The monoisotopic (exact) mass is 466 g/mol. The molecule has 1 amide bonds. The standard InChI is InChI=1S/C20H24Cl2N6OS/c21-14-2-1-3-15(17(14)22)30-19-18(24)26-16(11-25-19)27-6-8-28(9-7-27)20(29)12-4-5-13(23)10-12/h1-3,11-13H,4-10,23H2,(H2,24,26)/t12-,13+/m1/s1. The number of piperazine rings is 1. The van der Waals surface area contributed by atoms with Gasteiger partial charge in [-0.15, -0.1) is 0 Å². The number of nitrogens with two attached hydrogens (primary N) is 2. The van der Waals surface area contributed by atoms with Gasteiger partial charge in [0.1, 0.15) is 10.8 Å². The first-order valence-electron chi connectivity index (χ1n) is 9.96. The molecular formula is C20H24Cl2N6OS. The first kappa shape index (κ1) is 21.5. The van der Waals surface area contributed by atoms with Gasteiger partial charge in [-0.3, -0.25) is 4.79 Å². The van der Waals surface area contributed by atoms with E-state index in [9.17, 15) is 4.79 Å². The molecule has 0 unspecified atom stereocenters. The molecule has 1 aliphatic carbocycles. The smallest absolute Gasteiger partial charge is 0.225 e. The van der Waals surface area contributed by atoms with Crippen LogP contribution in [0.25, 0.3) is 0 Å². The van der Waals surface area contributed by atoms with Crippen LogP contribution in [0, 0.1) is 5.92 Å². The third kappa shape index (κ3) is 4.61. The Morgan fingerprint density at radius 2 is 1.93 bits per heavy atom. The van der Waals surface area contributed by atoms with Crippen LogP contribution in [0.5, 0.6) is 0 Å². The van der Waals surface area contributed by atoms with Gasteiger partial charge < -0.3 is 21.3 Å². The minimum absolute atomic E-state index is 0.0802. The Morgan fingerprint density at radius 1 is 1.17 bits per heavy atom. The summed E-state index contributed by atoms with van der Waals surface area (Å²) >= 11 is 13.7. The van der Waals surface area contributed by atoms with Gasteiger partial charge in [0, 0.05) is 43.0 Å². The Morgan fingerprint density at radius 3 is 2.60 bits per heavy atom. The molecule has 1 saturated carbocycles. The van der Waals surface area contributed by atoms with E-state index in [1.807, 2.05) is 17.0 Å². The fourth-order valence-electron chi connectivity index (χ4n) is 3.94. The highest BCUT2D eigenvalue weighted by molar-refractivity contribution is 7.99. The first-order valence-corrected chi connectivity index (χ1v) is 11.5. The summed E-state index contributed by atoms with van der Waals surface area (Å²) in [7, 11) is 0. The molecule has 1 aromatic carbocycles. The molecule has 4 rings (SSSR count). The molecule has 2 aliphatic rings. The van der Waals surface area contributed by atoms with E-state index in [-0.39, 0.29) is 17.9 Å². The van der Waals surface area contributed by atoms with Crippen molar-refractivity contribution in [1.29, 1.82) is 0 Å². The summed E-state index contributed by atoms with van der Waals surface area (Å²) in [6, 6.07) is 5.59. The molecule has 160 valence electrons. The molecule has 0 radical (unpaired) electrons. The van der Waals surface area contributed by atoms with Crippen molar-refractivity contribution in [3.05, 3.63) is 34.4 Å². The highest BCUT2D eigenvalue weighted by atomic mass is 35.5. The summed E-state index contributed by atoms with van der Waals surface area (Å²) in [6.45, 7) is 2.73. The third-order valence-electron chi connectivity index (χ3n) is 5.61. The average molecular weight is 467 g/mol. The van der Waals surface area contributed by atoms with Crippen molar-refractivity contribution < 1.29 is 4.79 Å². The molecule has 0 spiro atoms. The van der Waals surface area contributed by atoms with Gasteiger partial charge in [0.15, 0.2) is 5.82 Å². The fraction of sp³-hybridized carbons (Fsp3) is 0.450. The van der Waals surface area contributed by atoms with Crippen LogP contribution in [0.3, 0.4) is 0 Å². The third-order valence-corrected chi connectivity index (χ3v) is 7.61. The fourth-order valence-corrected chi connectivity index (χ4v) is 5.22. The molecule has 7 nitrogen and oxygen atoms in total. The maximum absolute atomic E-state index is 12.7. The molecule has 4 N–H and O–H groups in total. The van der Waals surface area contributed by atoms with E-state index in [4.69, 9.17) is 34.7 Å². The molecule has 2 aromatic rings. The van der Waals surface area contributed by atoms with Gasteiger partial charge in [-0.05, 0) is 31.4 Å². The number of halogens is 2.